The SMILES string of the molecule is O[C@H]1CC[C@H]([C@@H]2c3sccc3-c3cncn32)CC1. The molecule has 1 fully saturated rings. The first-order valence-electron chi connectivity index (χ1n) is 6.62. The normalized spacial score (nSPS) is 30.2. The molecule has 1 aliphatic carbocycles. The minimum absolute atomic E-state index is 0.0762. The van der Waals surface area contributed by atoms with Gasteiger partial charge in [-0.2, -0.15) is 0 Å². The van der Waals surface area contributed by atoms with Gasteiger partial charge in [-0.05, 0) is 43.0 Å². The summed E-state index contributed by atoms with van der Waals surface area (Å²) in [6.45, 7) is 0. The number of rotatable bonds is 1. The number of hydrogen-bond acceptors (Lipinski definition) is 3. The zero-order chi connectivity index (χ0) is 12.1. The molecule has 1 aliphatic heterocycles. The molecule has 4 rings (SSSR count). The van der Waals surface area contributed by atoms with E-state index in [1.165, 1.54) is 16.1 Å². The second kappa shape index (κ2) is 3.93. The van der Waals surface area contributed by atoms with Gasteiger partial charge in [-0.1, -0.05) is 0 Å². The number of nitrogens with zero attached hydrogens (tertiary/aromatic N) is 2. The molecule has 1 atom stereocenters. The van der Waals surface area contributed by atoms with Crippen molar-refractivity contribution in [2.24, 2.45) is 5.92 Å². The first kappa shape index (κ1) is 10.8. The van der Waals surface area contributed by atoms with E-state index in [9.17, 15) is 5.11 Å². The highest BCUT2D eigenvalue weighted by atomic mass is 32.1. The standard InChI is InChI=1S/C14H16N2OS/c17-10-3-1-9(2-4-10)13-14-11(5-6-18-14)12-7-15-8-16(12)13/h5-10,13,17H,1-4H2/t9-,10-,13-/m1/s1. The van der Waals surface area contributed by atoms with E-state index in [1.54, 1.807) is 0 Å². The topological polar surface area (TPSA) is 38.1 Å². The summed E-state index contributed by atoms with van der Waals surface area (Å²) in [4.78, 5) is 5.79. The summed E-state index contributed by atoms with van der Waals surface area (Å²) < 4.78 is 2.34. The third kappa shape index (κ3) is 1.42. The Morgan fingerprint density at radius 2 is 2.11 bits per heavy atom. The van der Waals surface area contributed by atoms with Gasteiger partial charge < -0.3 is 9.67 Å². The Balaban J connectivity index is 1.74. The molecule has 1 N–H and O–H groups in total. The van der Waals surface area contributed by atoms with Crippen molar-refractivity contribution in [3.63, 3.8) is 0 Å². The molecule has 1 saturated carbocycles. The minimum atomic E-state index is -0.0762. The van der Waals surface area contributed by atoms with Crippen molar-refractivity contribution in [1.29, 1.82) is 0 Å². The molecule has 0 bridgehead atoms. The molecule has 2 aliphatic rings. The number of hydrogen-bond donors (Lipinski definition) is 1. The van der Waals surface area contributed by atoms with Crippen LogP contribution < -0.4 is 0 Å². The summed E-state index contributed by atoms with van der Waals surface area (Å²) in [6, 6.07) is 2.68. The maximum absolute atomic E-state index is 9.66. The van der Waals surface area contributed by atoms with E-state index >= 15 is 0 Å². The van der Waals surface area contributed by atoms with Gasteiger partial charge in [0.2, 0.25) is 0 Å². The van der Waals surface area contributed by atoms with Crippen LogP contribution in [0.3, 0.4) is 0 Å². The molecule has 0 radical (unpaired) electrons. The molecule has 0 aromatic carbocycles. The molecule has 3 heterocycles. The van der Waals surface area contributed by atoms with Crippen LogP contribution in [0.25, 0.3) is 11.3 Å². The van der Waals surface area contributed by atoms with E-state index in [4.69, 9.17) is 0 Å². The Labute approximate surface area is 110 Å². The van der Waals surface area contributed by atoms with Crippen molar-refractivity contribution >= 4 is 11.3 Å². The molecule has 94 valence electrons. The van der Waals surface area contributed by atoms with Crippen molar-refractivity contribution in [1.82, 2.24) is 9.55 Å². The minimum Gasteiger partial charge on any atom is -0.393 e. The number of fused-ring (bicyclic) bond motifs is 3. The third-order valence-corrected chi connectivity index (χ3v) is 5.38. The molecule has 2 aromatic heterocycles. The van der Waals surface area contributed by atoms with Crippen LogP contribution in [0.15, 0.2) is 24.0 Å². The lowest BCUT2D eigenvalue weighted by atomic mass is 9.82. The molecule has 3 nitrogen and oxygen atoms in total. The van der Waals surface area contributed by atoms with E-state index in [0.717, 1.165) is 25.7 Å². The van der Waals surface area contributed by atoms with E-state index in [1.807, 2.05) is 23.9 Å². The smallest absolute Gasteiger partial charge is 0.0957 e. The Kier molecular flexibility index (Phi) is 2.35. The molecule has 4 heteroatoms. The van der Waals surface area contributed by atoms with Crippen LogP contribution in [-0.2, 0) is 0 Å². The number of thiophene rings is 1. The van der Waals surface area contributed by atoms with E-state index < -0.39 is 0 Å². The Hall–Kier alpha value is -1.13. The van der Waals surface area contributed by atoms with Gasteiger partial charge >= 0.3 is 0 Å². The second-order valence-corrected chi connectivity index (χ2v) is 6.35. The predicted octanol–water partition coefficient (Wildman–Crippen LogP) is 3.07. The van der Waals surface area contributed by atoms with Gasteiger partial charge in [0.05, 0.1) is 30.4 Å². The van der Waals surface area contributed by atoms with Gasteiger partial charge in [0, 0.05) is 10.4 Å². The van der Waals surface area contributed by atoms with Gasteiger partial charge in [-0.25, -0.2) is 4.98 Å². The maximum atomic E-state index is 9.66. The largest absolute Gasteiger partial charge is 0.393 e. The molecule has 0 amide bonds. The number of aromatic nitrogens is 2. The first-order chi connectivity index (χ1) is 8.84. The molecule has 0 unspecified atom stereocenters. The predicted molar refractivity (Wildman–Crippen MR) is 71.6 cm³/mol. The summed E-state index contributed by atoms with van der Waals surface area (Å²) >= 11 is 1.86. The number of imidazole rings is 1. The summed E-state index contributed by atoms with van der Waals surface area (Å²) in [5.41, 5.74) is 2.64. The molecule has 0 spiro atoms. The van der Waals surface area contributed by atoms with E-state index in [2.05, 4.69) is 21.0 Å². The Morgan fingerprint density at radius 3 is 2.94 bits per heavy atom. The van der Waals surface area contributed by atoms with Crippen molar-refractivity contribution in [3.8, 4) is 11.3 Å². The molecule has 2 aromatic rings. The zero-order valence-corrected chi connectivity index (χ0v) is 10.9. The first-order valence-corrected chi connectivity index (χ1v) is 7.50. The summed E-state index contributed by atoms with van der Waals surface area (Å²) in [5.74, 6) is 0.654. The molecule has 18 heavy (non-hydrogen) atoms. The van der Waals surface area contributed by atoms with Crippen LogP contribution in [0.5, 0.6) is 0 Å². The van der Waals surface area contributed by atoms with Gasteiger partial charge in [-0.15, -0.1) is 11.3 Å². The van der Waals surface area contributed by atoms with Crippen molar-refractivity contribution in [2.75, 3.05) is 0 Å². The quantitative estimate of drug-likeness (QED) is 0.855. The van der Waals surface area contributed by atoms with Crippen molar-refractivity contribution in [2.45, 2.75) is 37.8 Å². The lowest BCUT2D eigenvalue weighted by Crippen LogP contribution is -2.25. The van der Waals surface area contributed by atoms with Crippen molar-refractivity contribution in [3.05, 3.63) is 28.8 Å². The molecule has 0 saturated heterocycles. The summed E-state index contributed by atoms with van der Waals surface area (Å²) in [5, 5.41) is 11.9. The highest BCUT2D eigenvalue weighted by Crippen LogP contribution is 2.49. The van der Waals surface area contributed by atoms with Crippen LogP contribution >= 0.6 is 11.3 Å². The van der Waals surface area contributed by atoms with Crippen LogP contribution in [0.4, 0.5) is 0 Å². The lowest BCUT2D eigenvalue weighted by molar-refractivity contribution is 0.0991. The third-order valence-electron chi connectivity index (χ3n) is 4.39. The van der Waals surface area contributed by atoms with Gasteiger partial charge in [-0.3, -0.25) is 0 Å². The van der Waals surface area contributed by atoms with Crippen LogP contribution in [0.2, 0.25) is 0 Å². The van der Waals surface area contributed by atoms with Crippen LogP contribution in [0, 0.1) is 5.92 Å². The summed E-state index contributed by atoms with van der Waals surface area (Å²) in [6.07, 6.45) is 8.02. The van der Waals surface area contributed by atoms with Crippen LogP contribution in [0.1, 0.15) is 36.6 Å². The zero-order valence-electron chi connectivity index (χ0n) is 10.1. The molecular formula is C14H16N2OS. The van der Waals surface area contributed by atoms with Crippen molar-refractivity contribution < 1.29 is 5.11 Å². The van der Waals surface area contributed by atoms with Gasteiger partial charge in [0.15, 0.2) is 0 Å². The average molecular weight is 260 g/mol. The van der Waals surface area contributed by atoms with Crippen LogP contribution in [-0.4, -0.2) is 20.8 Å². The Morgan fingerprint density at radius 1 is 1.28 bits per heavy atom. The fraction of sp³-hybridized carbons (Fsp3) is 0.500. The maximum Gasteiger partial charge on any atom is 0.0957 e. The van der Waals surface area contributed by atoms with Gasteiger partial charge in [0.25, 0.3) is 0 Å². The monoisotopic (exact) mass is 260 g/mol. The fourth-order valence-corrected chi connectivity index (χ4v) is 4.58. The highest BCUT2D eigenvalue weighted by Gasteiger charge is 2.36. The Bertz CT molecular complexity index is 526. The molecular weight excluding hydrogens is 244 g/mol. The number of aliphatic hydroxyl groups is 1. The van der Waals surface area contributed by atoms with Gasteiger partial charge in [0.1, 0.15) is 0 Å². The second-order valence-electron chi connectivity index (χ2n) is 5.40. The fourth-order valence-electron chi connectivity index (χ4n) is 3.48. The van der Waals surface area contributed by atoms with E-state index in [0.29, 0.717) is 12.0 Å². The highest BCUT2D eigenvalue weighted by molar-refractivity contribution is 7.10. The number of aliphatic hydroxyl groups excluding tert-OH is 1. The lowest BCUT2D eigenvalue weighted by Gasteiger charge is -2.30. The summed E-state index contributed by atoms with van der Waals surface area (Å²) in [7, 11) is 0. The average Bonchev–Trinajstić information content (AvgIpc) is 3.03. The van der Waals surface area contributed by atoms with E-state index in [-0.39, 0.29) is 6.10 Å².